The number of aliphatic hydroxyl groups is 1. The highest BCUT2D eigenvalue weighted by atomic mass is 16.5. The monoisotopic (exact) mass is 289 g/mol. The van der Waals surface area contributed by atoms with Crippen molar-refractivity contribution < 1.29 is 14.6 Å². The molecule has 1 rings (SSSR count). The second-order valence-electron chi connectivity index (χ2n) is 5.77. The molecule has 114 valence electrons. The Morgan fingerprint density at radius 2 is 2.10 bits per heavy atom. The number of rotatable bonds is 4. The van der Waals surface area contributed by atoms with Crippen LogP contribution in [0.2, 0.25) is 0 Å². The lowest BCUT2D eigenvalue weighted by Crippen LogP contribution is -2.27. The van der Waals surface area contributed by atoms with Crippen LogP contribution in [-0.2, 0) is 9.53 Å². The minimum atomic E-state index is -0.353. The zero-order valence-corrected chi connectivity index (χ0v) is 13.1. The number of aryl methyl sites for hydroxylation is 1. The van der Waals surface area contributed by atoms with Gasteiger partial charge in [-0.15, -0.1) is 0 Å². The van der Waals surface area contributed by atoms with Crippen LogP contribution in [0.5, 0.6) is 0 Å². The molecule has 1 amide bonds. The molecule has 21 heavy (non-hydrogen) atoms. The number of benzene rings is 1. The van der Waals surface area contributed by atoms with Crippen LogP contribution >= 0.6 is 0 Å². The van der Waals surface area contributed by atoms with E-state index < -0.39 is 0 Å². The number of carbonyl (C=O) groups excluding carboxylic acids is 1. The first-order chi connectivity index (χ1) is 9.81. The molecule has 4 heteroatoms. The van der Waals surface area contributed by atoms with Gasteiger partial charge in [-0.25, -0.2) is 0 Å². The van der Waals surface area contributed by atoms with Crippen LogP contribution in [0.1, 0.15) is 38.3 Å². The number of amides is 1. The van der Waals surface area contributed by atoms with Gasteiger partial charge in [-0.05, 0) is 45.4 Å². The first-order valence-electron chi connectivity index (χ1n) is 6.96. The first-order valence-corrected chi connectivity index (χ1v) is 6.96. The van der Waals surface area contributed by atoms with Crippen LogP contribution in [0, 0.1) is 18.8 Å². The number of aliphatic hydroxyl groups excluding tert-OH is 1. The molecule has 0 aliphatic rings. The van der Waals surface area contributed by atoms with E-state index in [4.69, 9.17) is 9.84 Å². The van der Waals surface area contributed by atoms with Gasteiger partial charge < -0.3 is 15.2 Å². The molecule has 0 saturated heterocycles. The Balaban J connectivity index is 2.78. The van der Waals surface area contributed by atoms with Crippen LogP contribution < -0.4 is 5.32 Å². The van der Waals surface area contributed by atoms with Crippen molar-refractivity contribution in [2.24, 2.45) is 0 Å². The molecule has 2 N–H and O–H groups in total. The lowest BCUT2D eigenvalue weighted by molar-refractivity contribution is -0.125. The summed E-state index contributed by atoms with van der Waals surface area (Å²) >= 11 is 0. The third-order valence-electron chi connectivity index (χ3n) is 2.55. The van der Waals surface area contributed by atoms with Crippen molar-refractivity contribution in [2.45, 2.75) is 39.7 Å². The minimum Gasteiger partial charge on any atom is -0.395 e. The van der Waals surface area contributed by atoms with Crippen molar-refractivity contribution in [3.05, 3.63) is 29.3 Å². The summed E-state index contributed by atoms with van der Waals surface area (Å²) in [5, 5.41) is 11.6. The van der Waals surface area contributed by atoms with Crippen LogP contribution in [0.4, 0.5) is 5.69 Å². The van der Waals surface area contributed by atoms with Gasteiger partial charge in [-0.1, -0.05) is 17.9 Å². The molecular weight excluding hydrogens is 266 g/mol. The number of ether oxygens (including phenoxy) is 1. The van der Waals surface area contributed by atoms with Crippen molar-refractivity contribution in [2.75, 3.05) is 18.5 Å². The molecule has 0 aliphatic carbocycles. The Labute approximate surface area is 126 Å². The first kappa shape index (κ1) is 17.2. The second-order valence-corrected chi connectivity index (χ2v) is 5.77. The maximum Gasteiger partial charge on any atom is 0.250 e. The lowest BCUT2D eigenvalue weighted by atomic mass is 10.1. The maximum absolute atomic E-state index is 11.9. The number of nitrogens with one attached hydrogen (secondary N) is 1. The number of anilines is 1. The van der Waals surface area contributed by atoms with Gasteiger partial charge in [0.2, 0.25) is 5.91 Å². The summed E-state index contributed by atoms with van der Waals surface area (Å²) in [5.74, 6) is 5.62. The van der Waals surface area contributed by atoms with Crippen molar-refractivity contribution in [3.8, 4) is 11.8 Å². The van der Waals surface area contributed by atoms with E-state index in [0.29, 0.717) is 12.1 Å². The van der Waals surface area contributed by atoms with Crippen molar-refractivity contribution >= 4 is 11.6 Å². The Kier molecular flexibility index (Phi) is 6.41. The average molecular weight is 289 g/mol. The van der Waals surface area contributed by atoms with E-state index in [1.54, 1.807) is 0 Å². The Morgan fingerprint density at radius 1 is 1.38 bits per heavy atom. The van der Waals surface area contributed by atoms with Gasteiger partial charge in [0.25, 0.3) is 0 Å². The predicted molar refractivity (Wildman–Crippen MR) is 84.1 cm³/mol. The van der Waals surface area contributed by atoms with E-state index in [9.17, 15) is 4.79 Å². The van der Waals surface area contributed by atoms with E-state index >= 15 is 0 Å². The molecule has 0 atom stereocenters. The average Bonchev–Trinajstić information content (AvgIpc) is 2.39. The van der Waals surface area contributed by atoms with Gasteiger partial charge in [0.15, 0.2) is 0 Å². The fourth-order valence-electron chi connectivity index (χ4n) is 1.55. The van der Waals surface area contributed by atoms with Crippen molar-refractivity contribution in [1.82, 2.24) is 0 Å². The third-order valence-corrected chi connectivity index (χ3v) is 2.55. The summed E-state index contributed by atoms with van der Waals surface area (Å²) in [4.78, 5) is 11.9. The van der Waals surface area contributed by atoms with E-state index in [1.807, 2.05) is 45.9 Å². The number of carbonyl (C=O) groups is 1. The number of hydrogen-bond acceptors (Lipinski definition) is 3. The summed E-state index contributed by atoms with van der Waals surface area (Å²) in [7, 11) is 0. The standard InChI is InChI=1S/C17H23NO3/c1-13-8-9-15(14(11-13)7-5-6-10-19)18-16(20)12-21-17(2,3)4/h8-9,11,19H,6,10,12H2,1-4H3,(H,18,20). The summed E-state index contributed by atoms with van der Waals surface area (Å²) in [5.41, 5.74) is 2.11. The van der Waals surface area contributed by atoms with Gasteiger partial charge in [-0.2, -0.15) is 0 Å². The highest BCUT2D eigenvalue weighted by molar-refractivity contribution is 5.93. The summed E-state index contributed by atoms with van der Waals surface area (Å²) < 4.78 is 5.44. The van der Waals surface area contributed by atoms with E-state index in [-0.39, 0.29) is 24.7 Å². The second kappa shape index (κ2) is 7.82. The van der Waals surface area contributed by atoms with Gasteiger partial charge >= 0.3 is 0 Å². The van der Waals surface area contributed by atoms with Gasteiger partial charge in [0.1, 0.15) is 6.61 Å². The molecule has 0 heterocycles. The normalized spacial score (nSPS) is 10.7. The summed E-state index contributed by atoms with van der Waals surface area (Å²) in [6, 6.07) is 5.65. The van der Waals surface area contributed by atoms with Crippen LogP contribution in [-0.4, -0.2) is 29.8 Å². The predicted octanol–water partition coefficient (Wildman–Crippen LogP) is 2.48. The van der Waals surface area contributed by atoms with Gasteiger partial charge in [0, 0.05) is 12.0 Å². The molecular formula is C17H23NO3. The zero-order chi connectivity index (χ0) is 15.9. The molecule has 4 nitrogen and oxygen atoms in total. The van der Waals surface area contributed by atoms with Crippen LogP contribution in [0.15, 0.2) is 18.2 Å². The fourth-order valence-corrected chi connectivity index (χ4v) is 1.55. The van der Waals surface area contributed by atoms with Crippen LogP contribution in [0.25, 0.3) is 0 Å². The quantitative estimate of drug-likeness (QED) is 0.837. The molecule has 1 aromatic rings. The molecule has 0 fully saturated rings. The Hall–Kier alpha value is -1.83. The molecule has 0 bridgehead atoms. The molecule has 0 aliphatic heterocycles. The highest BCUT2D eigenvalue weighted by Gasteiger charge is 2.13. The Bertz CT molecular complexity index is 547. The maximum atomic E-state index is 11.9. The van der Waals surface area contributed by atoms with Crippen molar-refractivity contribution in [3.63, 3.8) is 0 Å². The van der Waals surface area contributed by atoms with E-state index in [0.717, 1.165) is 11.1 Å². The molecule has 0 radical (unpaired) electrons. The molecule has 1 aromatic carbocycles. The summed E-state index contributed by atoms with van der Waals surface area (Å²) in [6.45, 7) is 7.69. The minimum absolute atomic E-state index is 0.000878. The van der Waals surface area contributed by atoms with Crippen molar-refractivity contribution in [1.29, 1.82) is 0 Å². The SMILES string of the molecule is Cc1ccc(NC(=O)COC(C)(C)C)c(C#CCCO)c1. The highest BCUT2D eigenvalue weighted by Crippen LogP contribution is 2.17. The molecule has 0 unspecified atom stereocenters. The van der Waals surface area contributed by atoms with Crippen LogP contribution in [0.3, 0.4) is 0 Å². The van der Waals surface area contributed by atoms with Gasteiger partial charge in [0.05, 0.1) is 17.9 Å². The van der Waals surface area contributed by atoms with E-state index in [1.165, 1.54) is 0 Å². The fraction of sp³-hybridized carbons (Fsp3) is 0.471. The lowest BCUT2D eigenvalue weighted by Gasteiger charge is -2.19. The molecule has 0 spiro atoms. The van der Waals surface area contributed by atoms with Gasteiger partial charge in [-0.3, -0.25) is 4.79 Å². The largest absolute Gasteiger partial charge is 0.395 e. The third kappa shape index (κ3) is 6.94. The zero-order valence-electron chi connectivity index (χ0n) is 13.1. The Morgan fingerprint density at radius 3 is 2.71 bits per heavy atom. The number of hydrogen-bond donors (Lipinski definition) is 2. The molecule has 0 aromatic heterocycles. The smallest absolute Gasteiger partial charge is 0.250 e. The summed E-state index contributed by atoms with van der Waals surface area (Å²) in [6.07, 6.45) is 0.411. The topological polar surface area (TPSA) is 58.6 Å². The van der Waals surface area contributed by atoms with E-state index in [2.05, 4.69) is 17.2 Å². The molecule has 0 saturated carbocycles.